The molecule has 1 unspecified atom stereocenters. The molecule has 0 aliphatic carbocycles. The van der Waals surface area contributed by atoms with Crippen LogP contribution in [0.4, 0.5) is 0 Å². The number of nitrogens with one attached hydrogen (secondary N) is 1. The van der Waals surface area contributed by atoms with Gasteiger partial charge in [0.15, 0.2) is 0 Å². The first-order chi connectivity index (χ1) is 7.77. The second kappa shape index (κ2) is 7.03. The lowest BCUT2D eigenvalue weighted by Gasteiger charge is -2.15. The summed E-state index contributed by atoms with van der Waals surface area (Å²) < 4.78 is 0. The molecule has 0 aliphatic rings. The van der Waals surface area contributed by atoms with Gasteiger partial charge in [0, 0.05) is 12.1 Å². The van der Waals surface area contributed by atoms with E-state index in [0.29, 0.717) is 0 Å². The van der Waals surface area contributed by atoms with Crippen LogP contribution in [0, 0.1) is 18.8 Å². The van der Waals surface area contributed by atoms with Crippen LogP contribution in [0.15, 0.2) is 18.2 Å². The lowest BCUT2D eigenvalue weighted by Crippen LogP contribution is -2.22. The number of hydrogen-bond donors (Lipinski definition) is 1. The molecule has 1 atom stereocenters. The molecule has 0 aromatic carbocycles. The van der Waals surface area contributed by atoms with Crippen molar-refractivity contribution in [2.24, 2.45) is 0 Å². The molecule has 1 N–H and O–H groups in total. The lowest BCUT2D eigenvalue weighted by atomic mass is 10.1. The van der Waals surface area contributed by atoms with Crippen LogP contribution in [0.1, 0.15) is 44.1 Å². The van der Waals surface area contributed by atoms with E-state index in [9.17, 15) is 0 Å². The minimum Gasteiger partial charge on any atom is -0.308 e. The summed E-state index contributed by atoms with van der Waals surface area (Å²) in [5.41, 5.74) is 2.15. The maximum absolute atomic E-state index is 4.55. The fourth-order valence-electron chi connectivity index (χ4n) is 1.56. The SMILES string of the molecule is CC#CCC(NCCC)c1cccc(C)n1. The highest BCUT2D eigenvalue weighted by Crippen LogP contribution is 2.14. The van der Waals surface area contributed by atoms with E-state index in [-0.39, 0.29) is 6.04 Å². The zero-order valence-corrected chi connectivity index (χ0v) is 10.4. The summed E-state index contributed by atoms with van der Waals surface area (Å²) in [6.07, 6.45) is 1.95. The Morgan fingerprint density at radius 3 is 2.88 bits per heavy atom. The molecular formula is C14H20N2. The maximum Gasteiger partial charge on any atom is 0.0606 e. The van der Waals surface area contributed by atoms with Gasteiger partial charge in [-0.1, -0.05) is 13.0 Å². The van der Waals surface area contributed by atoms with Crippen molar-refractivity contribution < 1.29 is 0 Å². The van der Waals surface area contributed by atoms with Gasteiger partial charge in [-0.25, -0.2) is 0 Å². The second-order valence-electron chi connectivity index (χ2n) is 3.84. The highest BCUT2D eigenvalue weighted by molar-refractivity contribution is 5.15. The molecule has 0 amide bonds. The van der Waals surface area contributed by atoms with E-state index in [1.54, 1.807) is 0 Å². The van der Waals surface area contributed by atoms with Gasteiger partial charge in [0.05, 0.1) is 11.7 Å². The monoisotopic (exact) mass is 216 g/mol. The van der Waals surface area contributed by atoms with E-state index < -0.39 is 0 Å². The van der Waals surface area contributed by atoms with Gasteiger partial charge in [-0.3, -0.25) is 4.98 Å². The number of aryl methyl sites for hydroxylation is 1. The number of hydrogen-bond acceptors (Lipinski definition) is 2. The Balaban J connectivity index is 2.76. The zero-order chi connectivity index (χ0) is 11.8. The largest absolute Gasteiger partial charge is 0.308 e. The summed E-state index contributed by atoms with van der Waals surface area (Å²) in [7, 11) is 0. The summed E-state index contributed by atoms with van der Waals surface area (Å²) >= 11 is 0. The molecule has 0 saturated carbocycles. The van der Waals surface area contributed by atoms with E-state index in [1.165, 1.54) is 0 Å². The van der Waals surface area contributed by atoms with Gasteiger partial charge in [0.1, 0.15) is 0 Å². The Morgan fingerprint density at radius 2 is 2.25 bits per heavy atom. The smallest absolute Gasteiger partial charge is 0.0606 e. The standard InChI is InChI=1S/C14H20N2/c1-4-6-9-13(15-11-5-2)14-10-7-8-12(3)16-14/h7-8,10,13,15H,5,9,11H2,1-3H3. The van der Waals surface area contributed by atoms with E-state index in [4.69, 9.17) is 0 Å². The van der Waals surface area contributed by atoms with Crippen molar-refractivity contribution in [1.82, 2.24) is 10.3 Å². The van der Waals surface area contributed by atoms with E-state index in [1.807, 2.05) is 19.9 Å². The molecule has 0 saturated heterocycles. The Labute approximate surface area is 98.5 Å². The van der Waals surface area contributed by atoms with Crippen LogP contribution < -0.4 is 5.32 Å². The van der Waals surface area contributed by atoms with Crippen LogP contribution in [-0.2, 0) is 0 Å². The van der Waals surface area contributed by atoms with Gasteiger partial charge < -0.3 is 5.32 Å². The van der Waals surface area contributed by atoms with Crippen molar-refractivity contribution in [1.29, 1.82) is 0 Å². The average molecular weight is 216 g/mol. The Morgan fingerprint density at radius 1 is 1.44 bits per heavy atom. The molecule has 1 aromatic rings. The number of rotatable bonds is 5. The Kier molecular flexibility index (Phi) is 5.60. The van der Waals surface area contributed by atoms with Crippen LogP contribution in [-0.4, -0.2) is 11.5 Å². The molecular weight excluding hydrogens is 196 g/mol. The third kappa shape index (κ3) is 4.04. The normalized spacial score (nSPS) is 11.7. The molecule has 86 valence electrons. The van der Waals surface area contributed by atoms with E-state index in [0.717, 1.165) is 30.8 Å². The molecule has 1 aromatic heterocycles. The maximum atomic E-state index is 4.55. The van der Waals surface area contributed by atoms with Crippen molar-refractivity contribution in [3.63, 3.8) is 0 Å². The van der Waals surface area contributed by atoms with E-state index in [2.05, 4.69) is 41.2 Å². The van der Waals surface area contributed by atoms with E-state index >= 15 is 0 Å². The zero-order valence-electron chi connectivity index (χ0n) is 10.4. The number of pyridine rings is 1. The predicted octanol–water partition coefficient (Wildman–Crippen LogP) is 2.84. The predicted molar refractivity (Wildman–Crippen MR) is 68.1 cm³/mol. The first kappa shape index (κ1) is 12.7. The number of aromatic nitrogens is 1. The van der Waals surface area contributed by atoms with Crippen molar-refractivity contribution >= 4 is 0 Å². The Hall–Kier alpha value is -1.33. The highest BCUT2D eigenvalue weighted by atomic mass is 14.9. The van der Waals surface area contributed by atoms with Crippen molar-refractivity contribution in [2.75, 3.05) is 6.54 Å². The molecule has 2 nitrogen and oxygen atoms in total. The van der Waals surface area contributed by atoms with Gasteiger partial charge in [-0.15, -0.1) is 11.8 Å². The summed E-state index contributed by atoms with van der Waals surface area (Å²) in [5.74, 6) is 6.06. The van der Waals surface area contributed by atoms with Gasteiger partial charge in [-0.2, -0.15) is 0 Å². The summed E-state index contributed by atoms with van der Waals surface area (Å²) in [5, 5.41) is 3.48. The van der Waals surface area contributed by atoms with Gasteiger partial charge in [0.25, 0.3) is 0 Å². The second-order valence-corrected chi connectivity index (χ2v) is 3.84. The van der Waals surface area contributed by atoms with Crippen molar-refractivity contribution in [2.45, 2.75) is 39.7 Å². The first-order valence-electron chi connectivity index (χ1n) is 5.84. The Bertz CT molecular complexity index is 374. The molecule has 0 fully saturated rings. The quantitative estimate of drug-likeness (QED) is 0.766. The van der Waals surface area contributed by atoms with Crippen LogP contribution >= 0.6 is 0 Å². The number of nitrogens with zero attached hydrogens (tertiary/aromatic N) is 1. The molecule has 16 heavy (non-hydrogen) atoms. The third-order valence-corrected chi connectivity index (χ3v) is 2.39. The van der Waals surface area contributed by atoms with Crippen molar-refractivity contribution in [3.05, 3.63) is 29.6 Å². The fraction of sp³-hybridized carbons (Fsp3) is 0.500. The summed E-state index contributed by atoms with van der Waals surface area (Å²) in [6, 6.07) is 6.40. The van der Waals surface area contributed by atoms with Crippen LogP contribution in [0.25, 0.3) is 0 Å². The summed E-state index contributed by atoms with van der Waals surface area (Å²) in [6.45, 7) is 7.07. The molecule has 1 heterocycles. The third-order valence-electron chi connectivity index (χ3n) is 2.39. The fourth-order valence-corrected chi connectivity index (χ4v) is 1.56. The molecule has 1 rings (SSSR count). The summed E-state index contributed by atoms with van der Waals surface area (Å²) in [4.78, 5) is 4.55. The molecule has 0 aliphatic heterocycles. The van der Waals surface area contributed by atoms with Crippen LogP contribution in [0.5, 0.6) is 0 Å². The van der Waals surface area contributed by atoms with Crippen molar-refractivity contribution in [3.8, 4) is 11.8 Å². The van der Waals surface area contributed by atoms with Gasteiger partial charge in [-0.05, 0) is 38.9 Å². The molecule has 2 heteroatoms. The molecule has 0 bridgehead atoms. The van der Waals surface area contributed by atoms with Crippen LogP contribution in [0.3, 0.4) is 0 Å². The average Bonchev–Trinajstić information content (AvgIpc) is 2.29. The lowest BCUT2D eigenvalue weighted by molar-refractivity contribution is 0.530. The topological polar surface area (TPSA) is 24.9 Å². The highest BCUT2D eigenvalue weighted by Gasteiger charge is 2.10. The van der Waals surface area contributed by atoms with Gasteiger partial charge in [0.2, 0.25) is 0 Å². The van der Waals surface area contributed by atoms with Gasteiger partial charge >= 0.3 is 0 Å². The van der Waals surface area contributed by atoms with Crippen LogP contribution in [0.2, 0.25) is 0 Å². The molecule has 0 radical (unpaired) electrons. The molecule has 0 spiro atoms. The first-order valence-corrected chi connectivity index (χ1v) is 5.84. The minimum atomic E-state index is 0.257. The minimum absolute atomic E-state index is 0.257.